The fraction of sp³-hybridized carbons (Fsp3) is 0.636. The molecule has 0 aliphatic heterocycles. The zero-order valence-electron chi connectivity index (χ0n) is 18.4. The minimum Gasteiger partial charge on any atom is -0.489 e. The Bertz CT molecular complexity index is 789. The summed E-state index contributed by atoms with van der Waals surface area (Å²) in [6.07, 6.45) is 5.59. The Morgan fingerprint density at radius 2 is 2.00 bits per heavy atom. The molecule has 3 rings (SSSR count). The summed E-state index contributed by atoms with van der Waals surface area (Å²) >= 11 is 0. The lowest BCUT2D eigenvalue weighted by atomic mass is 9.84. The number of pyridine rings is 1. The molecule has 0 aromatic carbocycles. The van der Waals surface area contributed by atoms with Crippen molar-refractivity contribution in [3.63, 3.8) is 0 Å². The molecule has 8 nitrogen and oxygen atoms in total. The third-order valence-electron chi connectivity index (χ3n) is 5.92. The molecular formula is C22H34FN5O3. The van der Waals surface area contributed by atoms with Crippen molar-refractivity contribution in [2.75, 3.05) is 20.2 Å². The molecule has 2 fully saturated rings. The summed E-state index contributed by atoms with van der Waals surface area (Å²) in [5.41, 5.74) is 8.48. The van der Waals surface area contributed by atoms with E-state index in [4.69, 9.17) is 21.1 Å². The molecule has 0 spiro atoms. The molecule has 1 aromatic rings. The molecule has 2 saturated carbocycles. The maximum atomic E-state index is 12.8. The van der Waals surface area contributed by atoms with Crippen LogP contribution in [-0.2, 0) is 4.74 Å². The van der Waals surface area contributed by atoms with Crippen LogP contribution in [0.1, 0.15) is 56.3 Å². The molecule has 0 unspecified atom stereocenters. The number of likely N-dealkylation sites (N-methyl/N-ethyl adjacent to an activating group) is 1. The van der Waals surface area contributed by atoms with Crippen LogP contribution in [0.3, 0.4) is 0 Å². The first-order chi connectivity index (χ1) is 14.8. The number of rotatable bonds is 8. The molecule has 1 heterocycles. The highest BCUT2D eigenvalue weighted by Crippen LogP contribution is 2.30. The summed E-state index contributed by atoms with van der Waals surface area (Å²) in [7, 11) is 1.64. The van der Waals surface area contributed by atoms with Gasteiger partial charge in [-0.05, 0) is 63.5 Å². The van der Waals surface area contributed by atoms with Crippen LogP contribution in [0, 0.1) is 12.8 Å². The molecule has 0 saturated heterocycles. The molecule has 0 bridgehead atoms. The summed E-state index contributed by atoms with van der Waals surface area (Å²) in [6, 6.07) is 3.68. The van der Waals surface area contributed by atoms with Crippen LogP contribution < -0.4 is 21.6 Å². The number of alkyl halides is 1. The van der Waals surface area contributed by atoms with E-state index in [2.05, 4.69) is 10.3 Å². The number of hydrogen-bond acceptors (Lipinski definition) is 7. The fourth-order valence-electron chi connectivity index (χ4n) is 3.93. The van der Waals surface area contributed by atoms with E-state index in [1.165, 1.54) is 24.3 Å². The van der Waals surface area contributed by atoms with E-state index in [0.717, 1.165) is 24.3 Å². The number of hydrogen-bond donors (Lipinski definition) is 3. The monoisotopic (exact) mass is 435 g/mol. The van der Waals surface area contributed by atoms with Gasteiger partial charge in [-0.2, -0.15) is 0 Å². The first kappa shape index (κ1) is 23.1. The van der Waals surface area contributed by atoms with Gasteiger partial charge in [-0.3, -0.25) is 0 Å². The van der Waals surface area contributed by atoms with E-state index in [0.29, 0.717) is 29.9 Å². The maximum Gasteiger partial charge on any atom is 0.407 e. The van der Waals surface area contributed by atoms with Gasteiger partial charge in [0.15, 0.2) is 0 Å². The van der Waals surface area contributed by atoms with Crippen LogP contribution in [0.2, 0.25) is 0 Å². The quantitative estimate of drug-likeness (QED) is 0.425. The van der Waals surface area contributed by atoms with Gasteiger partial charge < -0.3 is 25.5 Å². The molecule has 2 aliphatic carbocycles. The molecule has 2 aliphatic rings. The van der Waals surface area contributed by atoms with Gasteiger partial charge in [-0.15, -0.1) is 0 Å². The Hall–Kier alpha value is -2.55. The molecule has 0 atom stereocenters. The maximum absolute atomic E-state index is 12.8. The van der Waals surface area contributed by atoms with Crippen molar-refractivity contribution in [2.24, 2.45) is 17.5 Å². The highest BCUT2D eigenvalue weighted by Gasteiger charge is 2.29. The smallest absolute Gasteiger partial charge is 0.407 e. The van der Waals surface area contributed by atoms with Crippen LogP contribution >= 0.6 is 0 Å². The molecule has 1 aromatic heterocycles. The van der Waals surface area contributed by atoms with Gasteiger partial charge in [0.25, 0.3) is 0 Å². The lowest BCUT2D eigenvalue weighted by Gasteiger charge is -2.28. The zero-order chi connectivity index (χ0) is 22.4. The van der Waals surface area contributed by atoms with E-state index >= 15 is 0 Å². The second-order valence-corrected chi connectivity index (χ2v) is 8.52. The first-order valence-corrected chi connectivity index (χ1v) is 11.0. The van der Waals surface area contributed by atoms with Crippen molar-refractivity contribution in [1.29, 1.82) is 0 Å². The Kier molecular flexibility index (Phi) is 7.95. The number of carbonyl (C=O) groups excluding carboxylic acids is 1. The number of carbonyl (C=O) groups is 1. The fourth-order valence-corrected chi connectivity index (χ4v) is 3.93. The van der Waals surface area contributed by atoms with E-state index in [1.807, 2.05) is 13.0 Å². The van der Waals surface area contributed by atoms with Gasteiger partial charge in [0.05, 0.1) is 42.0 Å². The van der Waals surface area contributed by atoms with Gasteiger partial charge in [0.2, 0.25) is 0 Å². The first-order valence-electron chi connectivity index (χ1n) is 11.0. The number of nitrogens with two attached hydrogens (primary N) is 2. The normalized spacial score (nSPS) is 22.2. The van der Waals surface area contributed by atoms with E-state index in [-0.39, 0.29) is 25.2 Å². The van der Waals surface area contributed by atoms with Gasteiger partial charge in [0, 0.05) is 7.05 Å². The molecule has 9 heteroatoms. The van der Waals surface area contributed by atoms with E-state index in [1.54, 1.807) is 13.1 Å². The van der Waals surface area contributed by atoms with Crippen molar-refractivity contribution in [2.45, 2.75) is 64.1 Å². The lowest BCUT2D eigenvalue weighted by Crippen LogP contribution is -2.38. The summed E-state index contributed by atoms with van der Waals surface area (Å²) in [4.78, 5) is 16.5. The van der Waals surface area contributed by atoms with Gasteiger partial charge in [0.1, 0.15) is 11.9 Å². The number of halogens is 1. The number of nitrogens with one attached hydrogen (secondary N) is 1. The second-order valence-electron chi connectivity index (χ2n) is 8.52. The van der Waals surface area contributed by atoms with Gasteiger partial charge in [-0.1, -0.05) is 6.42 Å². The van der Waals surface area contributed by atoms with Crippen LogP contribution in [0.5, 0.6) is 5.75 Å². The third-order valence-corrected chi connectivity index (χ3v) is 5.92. The summed E-state index contributed by atoms with van der Waals surface area (Å²) in [5.74, 6) is 6.79. The molecule has 172 valence electrons. The van der Waals surface area contributed by atoms with Crippen molar-refractivity contribution in [1.82, 2.24) is 15.3 Å². The number of ether oxygens (including phenoxy) is 2. The van der Waals surface area contributed by atoms with Crippen LogP contribution in [0.25, 0.3) is 5.70 Å². The predicted octanol–water partition coefficient (Wildman–Crippen LogP) is 3.01. The summed E-state index contributed by atoms with van der Waals surface area (Å²) < 4.78 is 24.1. The third kappa shape index (κ3) is 6.46. The Morgan fingerprint density at radius 1 is 1.29 bits per heavy atom. The summed E-state index contributed by atoms with van der Waals surface area (Å²) in [6.45, 7) is 2.18. The van der Waals surface area contributed by atoms with E-state index < -0.39 is 12.3 Å². The number of hydrazine groups is 1. The molecular weight excluding hydrogens is 401 g/mol. The van der Waals surface area contributed by atoms with Crippen LogP contribution in [0.4, 0.5) is 9.18 Å². The van der Waals surface area contributed by atoms with Gasteiger partial charge in [-0.25, -0.2) is 20.0 Å². The largest absolute Gasteiger partial charge is 0.489 e. The number of amides is 1. The highest BCUT2D eigenvalue weighted by molar-refractivity contribution is 5.69. The predicted molar refractivity (Wildman–Crippen MR) is 117 cm³/mol. The van der Waals surface area contributed by atoms with Crippen LogP contribution in [-0.4, -0.2) is 48.6 Å². The van der Waals surface area contributed by atoms with Crippen molar-refractivity contribution in [3.8, 4) is 5.75 Å². The Morgan fingerprint density at radius 3 is 2.61 bits per heavy atom. The second kappa shape index (κ2) is 10.7. The zero-order valence-corrected chi connectivity index (χ0v) is 18.4. The number of alkyl carbamates (subject to hydrolysis) is 1. The van der Waals surface area contributed by atoms with Crippen LogP contribution in [0.15, 0.2) is 17.8 Å². The number of aromatic nitrogens is 1. The SMILES string of the molecule is Cc1nc(/C(N)=C(\CNC(=O)OCC2CC(F)C2)N(C)N)ccc1OC1CCCCC1. The van der Waals surface area contributed by atoms with Crippen molar-refractivity contribution in [3.05, 3.63) is 29.2 Å². The standard InChI is InChI=1S/C22H34FN5O3/c1-14-20(31-17-6-4-3-5-7-17)9-8-18(27-14)21(24)19(28(2)25)12-26-22(29)30-13-15-10-16(23)11-15/h8-9,15-17H,3-7,10-13,24-25H2,1-2H3,(H,26,29)/b21-19-. The number of nitrogens with zero attached hydrogens (tertiary/aromatic N) is 2. The molecule has 5 N–H and O–H groups in total. The highest BCUT2D eigenvalue weighted by atomic mass is 19.1. The summed E-state index contributed by atoms with van der Waals surface area (Å²) in [5, 5.41) is 3.99. The van der Waals surface area contributed by atoms with Gasteiger partial charge >= 0.3 is 6.09 Å². The average Bonchev–Trinajstić information content (AvgIpc) is 2.72. The van der Waals surface area contributed by atoms with E-state index in [9.17, 15) is 9.18 Å². The molecule has 0 radical (unpaired) electrons. The number of aryl methyl sites for hydroxylation is 1. The molecule has 31 heavy (non-hydrogen) atoms. The minimum atomic E-state index is -0.771. The van der Waals surface area contributed by atoms with Crippen molar-refractivity contribution >= 4 is 11.8 Å². The topological polar surface area (TPSA) is 116 Å². The lowest BCUT2D eigenvalue weighted by molar-refractivity contribution is 0.0577. The average molecular weight is 436 g/mol. The Balaban J connectivity index is 1.60. The van der Waals surface area contributed by atoms with Crippen molar-refractivity contribution < 1.29 is 18.7 Å². The minimum absolute atomic E-state index is 0.0785. The Labute approximate surface area is 183 Å². The molecule has 1 amide bonds.